The first-order valence-corrected chi connectivity index (χ1v) is 7.39. The molecule has 0 amide bonds. The van der Waals surface area contributed by atoms with Crippen molar-refractivity contribution in [3.63, 3.8) is 0 Å². The molecule has 0 fully saturated rings. The second-order valence-electron chi connectivity index (χ2n) is 4.63. The molecule has 0 aliphatic rings. The fourth-order valence-corrected chi connectivity index (χ4v) is 2.86. The molecule has 3 heterocycles. The Morgan fingerprint density at radius 1 is 1.14 bits per heavy atom. The number of rotatable bonds is 3. The van der Waals surface area contributed by atoms with Crippen molar-refractivity contribution in [1.29, 1.82) is 0 Å². The van der Waals surface area contributed by atoms with Crippen molar-refractivity contribution in [2.75, 3.05) is 5.32 Å². The number of imidazole rings is 1. The average molecular weight is 311 g/mol. The maximum absolute atomic E-state index is 12.9. The van der Waals surface area contributed by atoms with Gasteiger partial charge in [0, 0.05) is 23.6 Å². The Labute approximate surface area is 129 Å². The molecule has 108 valence electrons. The highest BCUT2D eigenvalue weighted by Gasteiger charge is 2.09. The Morgan fingerprint density at radius 2 is 2.00 bits per heavy atom. The number of nitrogens with one attached hydrogen (secondary N) is 1. The van der Waals surface area contributed by atoms with Crippen molar-refractivity contribution in [1.82, 2.24) is 19.6 Å². The molecule has 7 heteroatoms. The number of aromatic nitrogens is 4. The van der Waals surface area contributed by atoms with Crippen LogP contribution < -0.4 is 5.32 Å². The van der Waals surface area contributed by atoms with Crippen LogP contribution in [0.15, 0.2) is 55.0 Å². The zero-order chi connectivity index (χ0) is 14.9. The summed E-state index contributed by atoms with van der Waals surface area (Å²) in [5, 5.41) is 8.26. The summed E-state index contributed by atoms with van der Waals surface area (Å²) >= 11 is 1.43. The molecule has 22 heavy (non-hydrogen) atoms. The molecule has 0 saturated carbocycles. The Bertz CT molecular complexity index is 883. The number of fused-ring (bicyclic) bond motifs is 1. The summed E-state index contributed by atoms with van der Waals surface area (Å²) in [4.78, 5) is 9.41. The van der Waals surface area contributed by atoms with Gasteiger partial charge in [0.25, 0.3) is 0 Å². The van der Waals surface area contributed by atoms with Crippen LogP contribution in [0.25, 0.3) is 16.2 Å². The lowest BCUT2D eigenvalue weighted by Crippen LogP contribution is -1.91. The molecule has 0 radical (unpaired) electrons. The standard InChI is InChI=1S/C15H10FN5S/c16-11-3-5-12(6-4-11)18-14-20-21-9-13(19-15(21)22-14)10-2-1-7-17-8-10/h1-9H,(H,18,20). The van der Waals surface area contributed by atoms with Gasteiger partial charge in [-0.1, -0.05) is 11.3 Å². The smallest absolute Gasteiger partial charge is 0.214 e. The Hall–Kier alpha value is -2.80. The third kappa shape index (κ3) is 2.42. The molecule has 1 aromatic carbocycles. The third-order valence-electron chi connectivity index (χ3n) is 3.10. The number of pyridine rings is 1. The highest BCUT2D eigenvalue weighted by molar-refractivity contribution is 7.20. The van der Waals surface area contributed by atoms with Crippen LogP contribution in [0.1, 0.15) is 0 Å². The molecule has 0 aliphatic heterocycles. The van der Waals surface area contributed by atoms with E-state index >= 15 is 0 Å². The second kappa shape index (κ2) is 5.19. The first kappa shape index (κ1) is 12.9. The highest BCUT2D eigenvalue weighted by Crippen LogP contribution is 2.26. The van der Waals surface area contributed by atoms with Crippen LogP contribution in [0.3, 0.4) is 0 Å². The fraction of sp³-hybridized carbons (Fsp3) is 0. The van der Waals surface area contributed by atoms with Crippen LogP contribution in [0, 0.1) is 5.82 Å². The maximum Gasteiger partial charge on any atom is 0.214 e. The molecule has 5 nitrogen and oxygen atoms in total. The molecule has 4 rings (SSSR count). The van der Waals surface area contributed by atoms with Crippen LogP contribution in [-0.4, -0.2) is 19.6 Å². The molecule has 0 unspecified atom stereocenters. The van der Waals surface area contributed by atoms with Crippen LogP contribution in [0.2, 0.25) is 0 Å². The van der Waals surface area contributed by atoms with Gasteiger partial charge in [-0.25, -0.2) is 13.9 Å². The molecule has 0 atom stereocenters. The predicted octanol–water partition coefficient (Wildman–Crippen LogP) is 3.74. The van der Waals surface area contributed by atoms with Crippen LogP contribution >= 0.6 is 11.3 Å². The number of nitrogens with zero attached hydrogens (tertiary/aromatic N) is 4. The minimum absolute atomic E-state index is 0.263. The van der Waals surface area contributed by atoms with E-state index in [0.717, 1.165) is 21.9 Å². The van der Waals surface area contributed by atoms with Crippen molar-refractivity contribution >= 4 is 27.1 Å². The summed E-state index contributed by atoms with van der Waals surface area (Å²) < 4.78 is 14.6. The van der Waals surface area contributed by atoms with Gasteiger partial charge in [-0.3, -0.25) is 4.98 Å². The van der Waals surface area contributed by atoms with Crippen molar-refractivity contribution < 1.29 is 4.39 Å². The lowest BCUT2D eigenvalue weighted by atomic mass is 10.2. The van der Waals surface area contributed by atoms with Crippen molar-refractivity contribution in [2.45, 2.75) is 0 Å². The van der Waals surface area contributed by atoms with Crippen LogP contribution in [-0.2, 0) is 0 Å². The summed E-state index contributed by atoms with van der Waals surface area (Å²) in [6, 6.07) is 9.97. The SMILES string of the molecule is Fc1ccc(Nc2nn3cc(-c4cccnc4)nc3s2)cc1. The van der Waals surface area contributed by atoms with Crippen molar-refractivity contribution in [3.8, 4) is 11.3 Å². The predicted molar refractivity (Wildman–Crippen MR) is 83.8 cm³/mol. The van der Waals surface area contributed by atoms with Gasteiger partial charge < -0.3 is 5.32 Å². The number of hydrogen-bond donors (Lipinski definition) is 1. The third-order valence-corrected chi connectivity index (χ3v) is 3.93. The first-order chi connectivity index (χ1) is 10.8. The van der Waals surface area contributed by atoms with E-state index in [2.05, 4.69) is 20.4 Å². The van der Waals surface area contributed by atoms with E-state index in [1.165, 1.54) is 23.5 Å². The lowest BCUT2D eigenvalue weighted by Gasteiger charge is -2.00. The first-order valence-electron chi connectivity index (χ1n) is 6.57. The molecule has 4 aromatic rings. The van der Waals surface area contributed by atoms with Crippen molar-refractivity contribution in [3.05, 3.63) is 60.8 Å². The minimum atomic E-state index is -0.263. The Balaban J connectivity index is 1.62. The van der Waals surface area contributed by atoms with Gasteiger partial charge in [0.15, 0.2) is 0 Å². The van der Waals surface area contributed by atoms with Crippen molar-refractivity contribution in [2.24, 2.45) is 0 Å². The van der Waals surface area contributed by atoms with E-state index in [1.807, 2.05) is 18.3 Å². The highest BCUT2D eigenvalue weighted by atomic mass is 32.1. The summed E-state index contributed by atoms with van der Waals surface area (Å²) in [6.45, 7) is 0. The molecule has 0 spiro atoms. The molecule has 0 saturated heterocycles. The molecular formula is C15H10FN5S. The minimum Gasteiger partial charge on any atom is -0.330 e. The van der Waals surface area contributed by atoms with Gasteiger partial charge in [-0.15, -0.1) is 5.10 Å². The van der Waals surface area contributed by atoms with Gasteiger partial charge in [0.05, 0.1) is 11.9 Å². The van der Waals surface area contributed by atoms with Gasteiger partial charge in [0.2, 0.25) is 10.1 Å². The molecule has 0 aliphatic carbocycles. The lowest BCUT2D eigenvalue weighted by molar-refractivity contribution is 0.628. The molecular weight excluding hydrogens is 301 g/mol. The quantitative estimate of drug-likeness (QED) is 0.626. The van der Waals surface area contributed by atoms with E-state index in [0.29, 0.717) is 5.13 Å². The van der Waals surface area contributed by atoms with Gasteiger partial charge >= 0.3 is 0 Å². The normalized spacial score (nSPS) is 11.0. The largest absolute Gasteiger partial charge is 0.330 e. The summed E-state index contributed by atoms with van der Waals surface area (Å²) in [5.41, 5.74) is 2.57. The summed E-state index contributed by atoms with van der Waals surface area (Å²) in [7, 11) is 0. The molecule has 0 bridgehead atoms. The van der Waals surface area contributed by atoms with Crippen LogP contribution in [0.4, 0.5) is 15.2 Å². The zero-order valence-corrected chi connectivity index (χ0v) is 12.1. The Kier molecular flexibility index (Phi) is 3.05. The fourth-order valence-electron chi connectivity index (χ4n) is 2.06. The Morgan fingerprint density at radius 3 is 2.73 bits per heavy atom. The van der Waals surface area contributed by atoms with E-state index in [-0.39, 0.29) is 5.82 Å². The topological polar surface area (TPSA) is 55.1 Å². The van der Waals surface area contributed by atoms with E-state index in [4.69, 9.17) is 0 Å². The summed E-state index contributed by atoms with van der Waals surface area (Å²) in [5.74, 6) is -0.263. The van der Waals surface area contributed by atoms with Gasteiger partial charge in [-0.2, -0.15) is 0 Å². The molecule has 3 aromatic heterocycles. The molecule has 1 N–H and O–H groups in total. The number of anilines is 2. The number of benzene rings is 1. The van der Waals surface area contributed by atoms with Crippen LogP contribution in [0.5, 0.6) is 0 Å². The maximum atomic E-state index is 12.9. The van der Waals surface area contributed by atoms with E-state index in [1.54, 1.807) is 29.0 Å². The number of hydrogen-bond acceptors (Lipinski definition) is 5. The monoisotopic (exact) mass is 311 g/mol. The zero-order valence-electron chi connectivity index (χ0n) is 11.3. The summed E-state index contributed by atoms with van der Waals surface area (Å²) in [6.07, 6.45) is 5.35. The number of halogens is 1. The second-order valence-corrected chi connectivity index (χ2v) is 5.59. The van der Waals surface area contributed by atoms with Gasteiger partial charge in [-0.05, 0) is 36.4 Å². The van der Waals surface area contributed by atoms with E-state index in [9.17, 15) is 4.39 Å². The van der Waals surface area contributed by atoms with Gasteiger partial charge in [0.1, 0.15) is 5.82 Å². The average Bonchev–Trinajstić information content (AvgIpc) is 3.09. The van der Waals surface area contributed by atoms with E-state index < -0.39 is 0 Å².